The number of aromatic nitrogens is 2. The molecule has 2 heterocycles. The number of rotatable bonds is 7. The molecule has 2 aromatic heterocycles. The number of nitrogens with two attached hydrogens (primary N) is 1. The van der Waals surface area contributed by atoms with Crippen LogP contribution in [0, 0.1) is 0 Å². The maximum Gasteiger partial charge on any atom is 0.267 e. The smallest absolute Gasteiger partial charge is 0.267 e. The normalized spacial score (nSPS) is 10.9. The average molecular weight is 370 g/mol. The van der Waals surface area contributed by atoms with E-state index in [4.69, 9.17) is 5.73 Å². The van der Waals surface area contributed by atoms with Crippen LogP contribution in [0.3, 0.4) is 0 Å². The summed E-state index contributed by atoms with van der Waals surface area (Å²) in [5.41, 5.74) is 11.1. The molecule has 0 aliphatic rings. The Balaban J connectivity index is 1.34. The van der Waals surface area contributed by atoms with Crippen molar-refractivity contribution in [3.05, 3.63) is 89.9 Å². The van der Waals surface area contributed by atoms with Gasteiger partial charge in [0.25, 0.3) is 5.91 Å². The zero-order valence-electron chi connectivity index (χ0n) is 15.5. The summed E-state index contributed by atoms with van der Waals surface area (Å²) in [5, 5.41) is 4.59. The van der Waals surface area contributed by atoms with Crippen LogP contribution >= 0.6 is 0 Å². The number of aryl methyl sites for hydroxylation is 2. The molecule has 140 valence electrons. The van der Waals surface area contributed by atoms with E-state index in [1.165, 1.54) is 22.0 Å². The van der Waals surface area contributed by atoms with Crippen molar-refractivity contribution in [3.63, 3.8) is 0 Å². The lowest BCUT2D eigenvalue weighted by molar-refractivity contribution is 0.0995. The molecule has 0 radical (unpaired) electrons. The van der Waals surface area contributed by atoms with Crippen LogP contribution in [0.25, 0.3) is 10.9 Å². The molecule has 4 N–H and O–H groups in total. The fourth-order valence-electron chi connectivity index (χ4n) is 3.39. The van der Waals surface area contributed by atoms with Crippen LogP contribution in [0.1, 0.15) is 28.0 Å². The van der Waals surface area contributed by atoms with Crippen molar-refractivity contribution in [3.8, 4) is 0 Å². The molecule has 0 saturated heterocycles. The third-order valence-corrected chi connectivity index (χ3v) is 4.84. The number of pyridine rings is 1. The Morgan fingerprint density at radius 2 is 1.82 bits per heavy atom. The number of carbonyl (C=O) groups excluding carboxylic acids is 1. The fraction of sp³-hybridized carbons (Fsp3) is 0.130. The van der Waals surface area contributed by atoms with E-state index < -0.39 is 5.91 Å². The first-order chi connectivity index (χ1) is 13.7. The summed E-state index contributed by atoms with van der Waals surface area (Å²) in [4.78, 5) is 18.5. The van der Waals surface area contributed by atoms with Gasteiger partial charge in [-0.15, -0.1) is 0 Å². The molecular weight excluding hydrogens is 348 g/mol. The number of primary amides is 1. The highest BCUT2D eigenvalue weighted by molar-refractivity contribution is 5.91. The Labute approximate surface area is 163 Å². The van der Waals surface area contributed by atoms with Crippen LogP contribution in [0.2, 0.25) is 0 Å². The van der Waals surface area contributed by atoms with Crippen molar-refractivity contribution in [1.82, 2.24) is 9.97 Å². The predicted molar refractivity (Wildman–Crippen MR) is 113 cm³/mol. The molecular formula is C23H22N4O. The number of nitrogens with one attached hydrogen (secondary N) is 2. The van der Waals surface area contributed by atoms with Gasteiger partial charge in [0.15, 0.2) is 0 Å². The van der Waals surface area contributed by atoms with E-state index in [1.54, 1.807) is 12.3 Å². The highest BCUT2D eigenvalue weighted by Gasteiger charge is 2.05. The highest BCUT2D eigenvalue weighted by atomic mass is 16.1. The van der Waals surface area contributed by atoms with Crippen molar-refractivity contribution in [2.75, 3.05) is 5.32 Å². The second-order valence-electron chi connectivity index (χ2n) is 6.83. The number of carbonyl (C=O) groups is 1. The van der Waals surface area contributed by atoms with Gasteiger partial charge in [0.1, 0.15) is 5.69 Å². The van der Waals surface area contributed by atoms with Gasteiger partial charge in [-0.2, -0.15) is 0 Å². The van der Waals surface area contributed by atoms with Crippen molar-refractivity contribution in [2.24, 2.45) is 5.73 Å². The van der Waals surface area contributed by atoms with Crippen molar-refractivity contribution < 1.29 is 4.79 Å². The topological polar surface area (TPSA) is 83.8 Å². The SMILES string of the molecule is NC(=O)c1cc(Nc2ccc(CCCc3c[nH]c4ccccc34)cc2)ccn1. The second-order valence-corrected chi connectivity index (χ2v) is 6.83. The Kier molecular flexibility index (Phi) is 5.06. The summed E-state index contributed by atoms with van der Waals surface area (Å²) in [6.45, 7) is 0. The van der Waals surface area contributed by atoms with E-state index in [9.17, 15) is 4.79 Å². The molecule has 5 nitrogen and oxygen atoms in total. The molecule has 0 bridgehead atoms. The van der Waals surface area contributed by atoms with Gasteiger partial charge in [0.05, 0.1) is 0 Å². The van der Waals surface area contributed by atoms with Gasteiger partial charge in [-0.05, 0) is 60.7 Å². The van der Waals surface area contributed by atoms with Crippen LogP contribution < -0.4 is 11.1 Å². The second kappa shape index (κ2) is 7.96. The van der Waals surface area contributed by atoms with E-state index in [0.717, 1.165) is 30.6 Å². The van der Waals surface area contributed by atoms with Gasteiger partial charge in [0, 0.05) is 34.7 Å². The number of aromatic amines is 1. The monoisotopic (exact) mass is 370 g/mol. The van der Waals surface area contributed by atoms with Gasteiger partial charge in [-0.3, -0.25) is 9.78 Å². The summed E-state index contributed by atoms with van der Waals surface area (Å²) in [5.74, 6) is -0.533. The molecule has 5 heteroatoms. The van der Waals surface area contributed by atoms with Gasteiger partial charge >= 0.3 is 0 Å². The minimum absolute atomic E-state index is 0.249. The molecule has 0 aliphatic carbocycles. The molecule has 4 rings (SSSR count). The minimum Gasteiger partial charge on any atom is -0.364 e. The standard InChI is InChI=1S/C23H22N4O/c24-23(28)22-14-19(12-13-25-22)27-18-10-8-16(9-11-18)4-3-5-17-15-26-21-7-2-1-6-20(17)21/h1-2,6-15,26H,3-5H2,(H2,24,28)(H,25,27). The number of hydrogen-bond acceptors (Lipinski definition) is 3. The average Bonchev–Trinajstić information content (AvgIpc) is 3.13. The Bertz CT molecular complexity index is 1100. The number of fused-ring (bicyclic) bond motifs is 1. The molecule has 0 aliphatic heterocycles. The van der Waals surface area contributed by atoms with Crippen LogP contribution in [0.5, 0.6) is 0 Å². The fourth-order valence-corrected chi connectivity index (χ4v) is 3.39. The molecule has 2 aromatic carbocycles. The number of para-hydroxylation sites is 1. The minimum atomic E-state index is -0.533. The predicted octanol–water partition coefficient (Wildman–Crippen LogP) is 4.58. The molecule has 0 atom stereocenters. The van der Waals surface area contributed by atoms with E-state index in [-0.39, 0.29) is 5.69 Å². The van der Waals surface area contributed by atoms with Crippen LogP contribution in [0.4, 0.5) is 11.4 Å². The molecule has 0 spiro atoms. The van der Waals surface area contributed by atoms with Gasteiger partial charge in [-0.1, -0.05) is 30.3 Å². The lowest BCUT2D eigenvalue weighted by Crippen LogP contribution is -2.12. The van der Waals surface area contributed by atoms with E-state index in [1.807, 2.05) is 18.2 Å². The van der Waals surface area contributed by atoms with Crippen molar-refractivity contribution in [1.29, 1.82) is 0 Å². The molecule has 28 heavy (non-hydrogen) atoms. The summed E-state index contributed by atoms with van der Waals surface area (Å²) in [6.07, 6.45) is 6.87. The Morgan fingerprint density at radius 1 is 1.00 bits per heavy atom. The third-order valence-electron chi connectivity index (χ3n) is 4.84. The third kappa shape index (κ3) is 4.04. The molecule has 4 aromatic rings. The largest absolute Gasteiger partial charge is 0.364 e. The Hall–Kier alpha value is -3.60. The van der Waals surface area contributed by atoms with Gasteiger partial charge in [0.2, 0.25) is 0 Å². The summed E-state index contributed by atoms with van der Waals surface area (Å²) in [7, 11) is 0. The summed E-state index contributed by atoms with van der Waals surface area (Å²) in [6, 6.07) is 20.2. The lowest BCUT2D eigenvalue weighted by atomic mass is 10.0. The summed E-state index contributed by atoms with van der Waals surface area (Å²) >= 11 is 0. The molecule has 0 fully saturated rings. The zero-order chi connectivity index (χ0) is 19.3. The van der Waals surface area contributed by atoms with Crippen molar-refractivity contribution >= 4 is 28.2 Å². The van der Waals surface area contributed by atoms with Crippen LogP contribution in [-0.2, 0) is 12.8 Å². The van der Waals surface area contributed by atoms with Gasteiger partial charge in [-0.25, -0.2) is 0 Å². The molecule has 0 unspecified atom stereocenters. The summed E-state index contributed by atoms with van der Waals surface area (Å²) < 4.78 is 0. The maximum absolute atomic E-state index is 11.2. The first-order valence-corrected chi connectivity index (χ1v) is 9.36. The Morgan fingerprint density at radius 3 is 2.64 bits per heavy atom. The number of hydrogen-bond donors (Lipinski definition) is 3. The van der Waals surface area contributed by atoms with E-state index in [2.05, 4.69) is 57.9 Å². The number of H-pyrrole nitrogens is 1. The number of anilines is 2. The quantitative estimate of drug-likeness (QED) is 0.445. The van der Waals surface area contributed by atoms with Crippen LogP contribution in [-0.4, -0.2) is 15.9 Å². The van der Waals surface area contributed by atoms with Gasteiger partial charge < -0.3 is 16.0 Å². The number of benzene rings is 2. The van der Waals surface area contributed by atoms with Crippen molar-refractivity contribution in [2.45, 2.75) is 19.3 Å². The number of nitrogens with zero attached hydrogens (tertiary/aromatic N) is 1. The number of amides is 1. The zero-order valence-corrected chi connectivity index (χ0v) is 15.5. The molecule has 1 amide bonds. The first kappa shape index (κ1) is 17.8. The lowest BCUT2D eigenvalue weighted by Gasteiger charge is -2.08. The molecule has 0 saturated carbocycles. The van der Waals surface area contributed by atoms with Crippen LogP contribution in [0.15, 0.2) is 73.1 Å². The maximum atomic E-state index is 11.2. The van der Waals surface area contributed by atoms with E-state index in [0.29, 0.717) is 0 Å². The highest BCUT2D eigenvalue weighted by Crippen LogP contribution is 2.21. The van der Waals surface area contributed by atoms with E-state index >= 15 is 0 Å². The first-order valence-electron chi connectivity index (χ1n) is 9.36.